The van der Waals surface area contributed by atoms with E-state index in [2.05, 4.69) is 25.3 Å². The molecule has 2 unspecified atom stereocenters. The molecule has 3 saturated heterocycles. The van der Waals surface area contributed by atoms with E-state index in [0.717, 1.165) is 18.8 Å². The first-order valence-corrected chi connectivity index (χ1v) is 13.4. The number of carbonyl (C=O) groups excluding carboxylic acids is 2. The lowest BCUT2D eigenvalue weighted by molar-refractivity contribution is -0.155. The molecule has 3 aliphatic heterocycles. The molecular weight excluding hydrogens is 474 g/mol. The molecule has 1 aromatic carbocycles. The third-order valence-electron chi connectivity index (χ3n) is 8.61. The van der Waals surface area contributed by atoms with Crippen molar-refractivity contribution in [3.8, 4) is 0 Å². The standard InChI is InChI=1S/C28H39N3O6/c1-5-16-30(20-12-10-19(11-13-20)29(7-3)8-4)25(34)23-28-15-14-27(6-2,37-28)22(26(35)36)21(28)24(33)31(23)17-9-18-32/h5,10-13,21-23,32H,1,6-9,14-18H2,2-4H3,(H,35,36)/t21-,22-,23?,27+,28?/m0/s1. The van der Waals surface area contributed by atoms with E-state index in [9.17, 15) is 24.6 Å². The molecule has 3 heterocycles. The Morgan fingerprint density at radius 2 is 1.81 bits per heavy atom. The number of carboxylic acids is 1. The van der Waals surface area contributed by atoms with Crippen LogP contribution in [0.2, 0.25) is 0 Å². The van der Waals surface area contributed by atoms with E-state index >= 15 is 0 Å². The van der Waals surface area contributed by atoms with E-state index in [4.69, 9.17) is 4.74 Å². The number of hydrogen-bond acceptors (Lipinski definition) is 6. The van der Waals surface area contributed by atoms with Crippen LogP contribution in [-0.4, -0.2) is 82.9 Å². The van der Waals surface area contributed by atoms with E-state index in [-0.39, 0.29) is 37.9 Å². The fourth-order valence-electron chi connectivity index (χ4n) is 6.89. The number of ether oxygens (including phenoxy) is 1. The van der Waals surface area contributed by atoms with Crippen molar-refractivity contribution in [2.24, 2.45) is 11.8 Å². The maximum Gasteiger partial charge on any atom is 0.310 e. The molecule has 5 atom stereocenters. The molecule has 0 aliphatic carbocycles. The Balaban J connectivity index is 1.76. The Morgan fingerprint density at radius 3 is 2.35 bits per heavy atom. The lowest BCUT2D eigenvalue weighted by Gasteiger charge is -2.37. The third-order valence-corrected chi connectivity index (χ3v) is 8.61. The van der Waals surface area contributed by atoms with Crippen LogP contribution < -0.4 is 9.80 Å². The van der Waals surface area contributed by atoms with E-state index in [1.165, 1.54) is 4.90 Å². The van der Waals surface area contributed by atoms with Crippen LogP contribution in [0.1, 0.15) is 46.5 Å². The highest BCUT2D eigenvalue weighted by Crippen LogP contribution is 2.64. The fraction of sp³-hybridized carbons (Fsp3) is 0.607. The molecule has 1 aromatic rings. The van der Waals surface area contributed by atoms with Crippen molar-refractivity contribution in [1.82, 2.24) is 4.90 Å². The largest absolute Gasteiger partial charge is 0.481 e. The number of fused-ring (bicyclic) bond motifs is 1. The van der Waals surface area contributed by atoms with Crippen LogP contribution >= 0.6 is 0 Å². The second-order valence-electron chi connectivity index (χ2n) is 10.2. The summed E-state index contributed by atoms with van der Waals surface area (Å²) in [4.78, 5) is 45.8. The Hall–Kier alpha value is -2.91. The molecule has 9 nitrogen and oxygen atoms in total. The number of benzene rings is 1. The summed E-state index contributed by atoms with van der Waals surface area (Å²) < 4.78 is 6.57. The van der Waals surface area contributed by atoms with Crippen LogP contribution in [0.15, 0.2) is 36.9 Å². The summed E-state index contributed by atoms with van der Waals surface area (Å²) in [6.45, 7) is 11.8. The van der Waals surface area contributed by atoms with E-state index in [0.29, 0.717) is 24.9 Å². The highest BCUT2D eigenvalue weighted by atomic mass is 16.5. The summed E-state index contributed by atoms with van der Waals surface area (Å²) >= 11 is 0. The van der Waals surface area contributed by atoms with Gasteiger partial charge in [0.25, 0.3) is 5.91 Å². The highest BCUT2D eigenvalue weighted by Gasteiger charge is 2.79. The topological polar surface area (TPSA) is 111 Å². The highest BCUT2D eigenvalue weighted by molar-refractivity contribution is 6.04. The van der Waals surface area contributed by atoms with Gasteiger partial charge in [-0.25, -0.2) is 0 Å². The zero-order valence-electron chi connectivity index (χ0n) is 22.1. The van der Waals surface area contributed by atoms with Crippen molar-refractivity contribution in [3.63, 3.8) is 0 Å². The van der Waals surface area contributed by atoms with Gasteiger partial charge in [-0.3, -0.25) is 14.4 Å². The van der Waals surface area contributed by atoms with E-state index in [1.807, 2.05) is 31.2 Å². The molecular formula is C28H39N3O6. The maximum absolute atomic E-state index is 14.4. The number of anilines is 2. The minimum Gasteiger partial charge on any atom is -0.481 e. The molecule has 0 radical (unpaired) electrons. The Kier molecular flexibility index (Phi) is 7.67. The van der Waals surface area contributed by atoms with Crippen molar-refractivity contribution in [2.45, 2.75) is 63.7 Å². The number of amides is 2. The zero-order valence-corrected chi connectivity index (χ0v) is 22.1. The minimum atomic E-state index is -1.21. The molecule has 3 fully saturated rings. The minimum absolute atomic E-state index is 0.145. The number of hydrogen-bond donors (Lipinski definition) is 2. The Labute approximate surface area is 218 Å². The summed E-state index contributed by atoms with van der Waals surface area (Å²) in [5.74, 6) is -3.69. The normalized spacial score (nSPS) is 29.9. The average Bonchev–Trinajstić information content (AvgIpc) is 3.50. The van der Waals surface area contributed by atoms with Gasteiger partial charge in [-0.05, 0) is 63.8 Å². The number of carboxylic acid groups (broad SMARTS) is 1. The van der Waals surface area contributed by atoms with Crippen molar-refractivity contribution in [2.75, 3.05) is 42.6 Å². The van der Waals surface area contributed by atoms with Gasteiger partial charge >= 0.3 is 5.97 Å². The van der Waals surface area contributed by atoms with Crippen LogP contribution in [0, 0.1) is 11.8 Å². The number of rotatable bonds is 12. The number of aliphatic hydroxyl groups excluding tert-OH is 1. The smallest absolute Gasteiger partial charge is 0.310 e. The first-order chi connectivity index (χ1) is 17.7. The predicted molar refractivity (Wildman–Crippen MR) is 140 cm³/mol. The number of nitrogens with zero attached hydrogens (tertiary/aromatic N) is 3. The molecule has 4 rings (SSSR count). The summed E-state index contributed by atoms with van der Waals surface area (Å²) in [5.41, 5.74) is -0.445. The number of carbonyl (C=O) groups is 3. The van der Waals surface area contributed by atoms with Crippen molar-refractivity contribution < 1.29 is 29.3 Å². The van der Waals surface area contributed by atoms with Gasteiger partial charge in [0.1, 0.15) is 17.6 Å². The van der Waals surface area contributed by atoms with Gasteiger partial charge in [0.05, 0.1) is 11.5 Å². The van der Waals surface area contributed by atoms with E-state index in [1.54, 1.807) is 11.0 Å². The quantitative estimate of drug-likeness (QED) is 0.414. The van der Waals surface area contributed by atoms with Gasteiger partial charge in [-0.2, -0.15) is 0 Å². The van der Waals surface area contributed by atoms with Crippen molar-refractivity contribution in [3.05, 3.63) is 36.9 Å². The SMILES string of the molecule is C=CCN(C(=O)C1N(CCCO)C(=O)[C@@H]2[C@@H](C(=O)O)[C@@]3(CC)CCC12O3)c1ccc(N(CC)CC)cc1. The zero-order chi connectivity index (χ0) is 27.0. The molecule has 202 valence electrons. The summed E-state index contributed by atoms with van der Waals surface area (Å²) in [7, 11) is 0. The van der Waals surface area contributed by atoms with Gasteiger partial charge < -0.3 is 29.6 Å². The fourth-order valence-corrected chi connectivity index (χ4v) is 6.89. The predicted octanol–water partition coefficient (Wildman–Crippen LogP) is 2.67. The van der Waals surface area contributed by atoms with Crippen LogP contribution in [0.4, 0.5) is 11.4 Å². The molecule has 37 heavy (non-hydrogen) atoms. The molecule has 2 bridgehead atoms. The molecule has 1 spiro atoms. The summed E-state index contributed by atoms with van der Waals surface area (Å²) in [6.07, 6.45) is 3.31. The molecule has 3 aliphatic rings. The first-order valence-electron chi connectivity index (χ1n) is 13.4. The molecule has 0 saturated carbocycles. The molecule has 0 aromatic heterocycles. The lowest BCUT2D eigenvalue weighted by atomic mass is 9.65. The van der Waals surface area contributed by atoms with Crippen LogP contribution in [0.25, 0.3) is 0 Å². The van der Waals surface area contributed by atoms with Crippen LogP contribution in [-0.2, 0) is 19.1 Å². The summed E-state index contributed by atoms with van der Waals surface area (Å²) in [6, 6.07) is 6.75. The van der Waals surface area contributed by atoms with Crippen LogP contribution in [0.5, 0.6) is 0 Å². The number of likely N-dealkylation sites (tertiary alicyclic amines) is 1. The summed E-state index contributed by atoms with van der Waals surface area (Å²) in [5, 5.41) is 19.7. The second-order valence-corrected chi connectivity index (χ2v) is 10.2. The first kappa shape index (κ1) is 27.1. The van der Waals surface area contributed by atoms with Crippen LogP contribution in [0.3, 0.4) is 0 Å². The monoisotopic (exact) mass is 513 g/mol. The van der Waals surface area contributed by atoms with Gasteiger partial charge in [-0.1, -0.05) is 13.0 Å². The Bertz CT molecular complexity index is 1040. The average molecular weight is 514 g/mol. The van der Waals surface area contributed by atoms with Gasteiger partial charge in [0, 0.05) is 44.2 Å². The number of aliphatic carboxylic acids is 1. The molecule has 9 heteroatoms. The van der Waals surface area contributed by atoms with E-state index < -0.39 is 35.0 Å². The number of aliphatic hydroxyl groups is 1. The second kappa shape index (κ2) is 10.5. The Morgan fingerprint density at radius 1 is 1.16 bits per heavy atom. The van der Waals surface area contributed by atoms with Gasteiger partial charge in [0.15, 0.2) is 0 Å². The van der Waals surface area contributed by atoms with Crippen molar-refractivity contribution >= 4 is 29.2 Å². The van der Waals surface area contributed by atoms with Gasteiger partial charge in [-0.15, -0.1) is 6.58 Å². The lowest BCUT2D eigenvalue weighted by Crippen LogP contribution is -2.56. The third kappa shape index (κ3) is 4.12. The maximum atomic E-state index is 14.4. The molecule has 2 N–H and O–H groups in total. The van der Waals surface area contributed by atoms with Crippen molar-refractivity contribution in [1.29, 1.82) is 0 Å². The molecule has 2 amide bonds. The van der Waals surface area contributed by atoms with Gasteiger partial charge in [0.2, 0.25) is 5.91 Å².